The van der Waals surface area contributed by atoms with Crippen molar-refractivity contribution in [3.05, 3.63) is 0 Å². The molecule has 0 spiro atoms. The largest absolute Gasteiger partial charge is 0.394 e. The minimum absolute atomic E-state index is 0.126. The fourth-order valence-corrected chi connectivity index (χ4v) is 2.92. The molecule has 0 saturated carbocycles. The number of hydrogen-bond acceptors (Lipinski definition) is 4. The van der Waals surface area contributed by atoms with Crippen molar-refractivity contribution in [2.75, 3.05) is 45.9 Å². The molecule has 4 nitrogen and oxygen atoms in total. The van der Waals surface area contributed by atoms with Gasteiger partial charge in [-0.3, -0.25) is 0 Å². The van der Waals surface area contributed by atoms with Crippen LogP contribution >= 0.6 is 0 Å². The Kier molecular flexibility index (Phi) is 7.29. The summed E-state index contributed by atoms with van der Waals surface area (Å²) < 4.78 is 0. The van der Waals surface area contributed by atoms with Crippen LogP contribution in [0.5, 0.6) is 0 Å². The molecule has 1 aliphatic rings. The van der Waals surface area contributed by atoms with E-state index in [9.17, 15) is 5.11 Å². The van der Waals surface area contributed by atoms with Gasteiger partial charge in [0.1, 0.15) is 0 Å². The molecule has 0 aromatic carbocycles. The fraction of sp³-hybridized carbons (Fsp3) is 1.00. The lowest BCUT2D eigenvalue weighted by molar-refractivity contribution is 0.121. The van der Waals surface area contributed by atoms with Crippen LogP contribution in [0.25, 0.3) is 0 Å². The van der Waals surface area contributed by atoms with E-state index in [1.165, 1.54) is 32.7 Å². The number of likely N-dealkylation sites (N-methyl/N-ethyl adjacent to an activating group) is 1. The first-order chi connectivity index (χ1) is 8.99. The van der Waals surface area contributed by atoms with Crippen molar-refractivity contribution in [2.45, 2.75) is 52.1 Å². The highest BCUT2D eigenvalue weighted by Gasteiger charge is 2.24. The van der Waals surface area contributed by atoms with Gasteiger partial charge in [-0.1, -0.05) is 20.8 Å². The second-order valence-electron chi connectivity index (χ2n) is 6.40. The first-order valence-electron chi connectivity index (χ1n) is 7.82. The van der Waals surface area contributed by atoms with Gasteiger partial charge in [0.2, 0.25) is 0 Å². The maximum Gasteiger partial charge on any atom is 0.0610 e. The lowest BCUT2D eigenvalue weighted by Gasteiger charge is -2.35. The number of aliphatic hydroxyl groups excluding tert-OH is 1. The lowest BCUT2D eigenvalue weighted by atomic mass is 9.95. The molecule has 2 N–H and O–H groups in total. The van der Waals surface area contributed by atoms with E-state index in [2.05, 4.69) is 42.8 Å². The molecule has 1 unspecified atom stereocenters. The Morgan fingerprint density at radius 2 is 1.74 bits per heavy atom. The molecule has 0 radical (unpaired) electrons. The highest BCUT2D eigenvalue weighted by atomic mass is 16.3. The minimum Gasteiger partial charge on any atom is -0.394 e. The maximum absolute atomic E-state index is 9.56. The molecule has 1 atom stereocenters. The van der Waals surface area contributed by atoms with Crippen molar-refractivity contribution >= 4 is 0 Å². The monoisotopic (exact) mass is 271 g/mol. The Labute approximate surface area is 119 Å². The molecule has 1 aliphatic heterocycles. The quantitative estimate of drug-likeness (QED) is 0.695. The predicted octanol–water partition coefficient (Wildman–Crippen LogP) is 1.15. The number of piperazine rings is 1. The number of aliphatic hydroxyl groups is 1. The maximum atomic E-state index is 9.56. The molecular formula is C15H33N3O. The predicted molar refractivity (Wildman–Crippen MR) is 81.6 cm³/mol. The molecule has 0 aromatic rings. The molecule has 1 saturated heterocycles. The first kappa shape index (κ1) is 16.9. The van der Waals surface area contributed by atoms with Crippen LogP contribution in [0.15, 0.2) is 0 Å². The first-order valence-corrected chi connectivity index (χ1v) is 7.82. The Hall–Kier alpha value is -0.160. The number of hydrogen-bond donors (Lipinski definition) is 2. The summed E-state index contributed by atoms with van der Waals surface area (Å²) in [6, 6.07) is 0.422. The van der Waals surface area contributed by atoms with E-state index in [4.69, 9.17) is 0 Å². The highest BCUT2D eigenvalue weighted by molar-refractivity contribution is 4.84. The Morgan fingerprint density at radius 1 is 1.16 bits per heavy atom. The van der Waals surface area contributed by atoms with Gasteiger partial charge in [0, 0.05) is 37.8 Å². The number of rotatable bonds is 8. The summed E-state index contributed by atoms with van der Waals surface area (Å²) in [5.41, 5.74) is -0.126. The van der Waals surface area contributed by atoms with E-state index >= 15 is 0 Å². The number of nitrogens with zero attached hydrogens (tertiary/aromatic N) is 2. The molecule has 0 aliphatic carbocycles. The second-order valence-corrected chi connectivity index (χ2v) is 6.40. The molecule has 1 fully saturated rings. The Morgan fingerprint density at radius 3 is 2.21 bits per heavy atom. The van der Waals surface area contributed by atoms with Crippen LogP contribution in [0.2, 0.25) is 0 Å². The fourth-order valence-electron chi connectivity index (χ4n) is 2.92. The summed E-state index contributed by atoms with van der Waals surface area (Å²) >= 11 is 0. The van der Waals surface area contributed by atoms with Gasteiger partial charge in [-0.2, -0.15) is 0 Å². The van der Waals surface area contributed by atoms with Crippen LogP contribution in [0.3, 0.4) is 0 Å². The van der Waals surface area contributed by atoms with Gasteiger partial charge in [0.25, 0.3) is 0 Å². The van der Waals surface area contributed by atoms with E-state index in [-0.39, 0.29) is 12.1 Å². The van der Waals surface area contributed by atoms with Crippen molar-refractivity contribution in [1.82, 2.24) is 15.1 Å². The summed E-state index contributed by atoms with van der Waals surface area (Å²) in [7, 11) is 0. The van der Waals surface area contributed by atoms with Crippen LogP contribution in [0, 0.1) is 0 Å². The van der Waals surface area contributed by atoms with Crippen LogP contribution in [-0.2, 0) is 0 Å². The summed E-state index contributed by atoms with van der Waals surface area (Å²) in [6.07, 6.45) is 2.19. The summed E-state index contributed by atoms with van der Waals surface area (Å²) in [5, 5.41) is 13.0. The Bertz CT molecular complexity index is 240. The van der Waals surface area contributed by atoms with Gasteiger partial charge in [-0.05, 0) is 32.9 Å². The average Bonchev–Trinajstić information content (AvgIpc) is 2.38. The zero-order chi connectivity index (χ0) is 14.3. The standard InChI is InChI=1S/C15H33N3O/c1-5-17-9-11-18(12-10-17)8-6-7-15(4,13-19)16-14(2)3/h14,16,19H,5-13H2,1-4H3. The van der Waals surface area contributed by atoms with Crippen molar-refractivity contribution in [3.8, 4) is 0 Å². The molecule has 1 heterocycles. The molecule has 1 rings (SSSR count). The van der Waals surface area contributed by atoms with Crippen molar-refractivity contribution < 1.29 is 5.11 Å². The van der Waals surface area contributed by atoms with E-state index < -0.39 is 0 Å². The van der Waals surface area contributed by atoms with E-state index in [1.807, 2.05) is 0 Å². The second kappa shape index (κ2) is 8.20. The average molecular weight is 271 g/mol. The third-order valence-corrected chi connectivity index (χ3v) is 4.10. The van der Waals surface area contributed by atoms with Crippen molar-refractivity contribution in [3.63, 3.8) is 0 Å². The summed E-state index contributed by atoms with van der Waals surface area (Å²) in [5.74, 6) is 0. The molecule has 0 amide bonds. The smallest absolute Gasteiger partial charge is 0.0610 e. The molecule has 0 aromatic heterocycles. The molecular weight excluding hydrogens is 238 g/mol. The zero-order valence-electron chi connectivity index (χ0n) is 13.3. The van der Waals surface area contributed by atoms with Crippen LogP contribution in [-0.4, -0.2) is 72.4 Å². The van der Waals surface area contributed by atoms with E-state index in [1.54, 1.807) is 0 Å². The van der Waals surface area contributed by atoms with Gasteiger partial charge in [-0.25, -0.2) is 0 Å². The Balaban J connectivity index is 2.22. The van der Waals surface area contributed by atoms with E-state index in [0.29, 0.717) is 6.04 Å². The minimum atomic E-state index is -0.126. The third kappa shape index (κ3) is 6.21. The zero-order valence-corrected chi connectivity index (χ0v) is 13.3. The van der Waals surface area contributed by atoms with Crippen molar-refractivity contribution in [1.29, 1.82) is 0 Å². The third-order valence-electron chi connectivity index (χ3n) is 4.10. The SMILES string of the molecule is CCN1CCN(CCCC(C)(CO)NC(C)C)CC1. The normalized spacial score (nSPS) is 21.8. The van der Waals surface area contributed by atoms with Gasteiger partial charge >= 0.3 is 0 Å². The van der Waals surface area contributed by atoms with Gasteiger partial charge in [0.05, 0.1) is 6.61 Å². The molecule has 0 bridgehead atoms. The molecule has 4 heteroatoms. The van der Waals surface area contributed by atoms with Gasteiger partial charge < -0.3 is 20.2 Å². The lowest BCUT2D eigenvalue weighted by Crippen LogP contribution is -2.50. The van der Waals surface area contributed by atoms with Crippen LogP contribution in [0.4, 0.5) is 0 Å². The summed E-state index contributed by atoms with van der Waals surface area (Å²) in [4.78, 5) is 5.06. The summed E-state index contributed by atoms with van der Waals surface area (Å²) in [6.45, 7) is 16.0. The topological polar surface area (TPSA) is 38.7 Å². The molecule has 114 valence electrons. The van der Waals surface area contributed by atoms with Gasteiger partial charge in [0.15, 0.2) is 0 Å². The van der Waals surface area contributed by atoms with Gasteiger partial charge in [-0.15, -0.1) is 0 Å². The van der Waals surface area contributed by atoms with E-state index in [0.717, 1.165) is 19.4 Å². The van der Waals surface area contributed by atoms with Crippen LogP contribution in [0.1, 0.15) is 40.5 Å². The highest BCUT2D eigenvalue weighted by Crippen LogP contribution is 2.14. The van der Waals surface area contributed by atoms with Crippen molar-refractivity contribution in [2.24, 2.45) is 0 Å². The number of nitrogens with one attached hydrogen (secondary N) is 1. The van der Waals surface area contributed by atoms with Crippen LogP contribution < -0.4 is 5.32 Å². The molecule has 19 heavy (non-hydrogen) atoms.